The molecule has 0 amide bonds. The molecule has 0 spiro atoms. The molecular formula is C12H21O. The van der Waals surface area contributed by atoms with Crippen LogP contribution in [0.4, 0.5) is 0 Å². The summed E-state index contributed by atoms with van der Waals surface area (Å²) in [5, 5.41) is 0. The molecule has 1 saturated carbocycles. The van der Waals surface area contributed by atoms with Gasteiger partial charge in [-0.2, -0.15) is 0 Å². The van der Waals surface area contributed by atoms with E-state index in [0.717, 1.165) is 18.9 Å². The quantitative estimate of drug-likeness (QED) is 0.587. The fourth-order valence-corrected chi connectivity index (χ4v) is 1.66. The normalized spacial score (nSPS) is 19.5. The van der Waals surface area contributed by atoms with Gasteiger partial charge in [0.15, 0.2) is 0 Å². The minimum atomic E-state index is 0.802. The summed E-state index contributed by atoms with van der Waals surface area (Å²) in [6, 6.07) is 0. The predicted molar refractivity (Wildman–Crippen MR) is 56.3 cm³/mol. The summed E-state index contributed by atoms with van der Waals surface area (Å²) in [6.07, 6.45) is 13.9. The van der Waals surface area contributed by atoms with E-state index in [1.807, 2.05) is 6.26 Å². The SMILES string of the molecule is CCC/C=C/OCC1CC[CH]CC1. The van der Waals surface area contributed by atoms with Crippen LogP contribution in [0.15, 0.2) is 12.3 Å². The second-order valence-electron chi connectivity index (χ2n) is 3.80. The van der Waals surface area contributed by atoms with Gasteiger partial charge in [-0.15, -0.1) is 0 Å². The summed E-state index contributed by atoms with van der Waals surface area (Å²) in [5.41, 5.74) is 0. The van der Waals surface area contributed by atoms with Gasteiger partial charge < -0.3 is 4.74 Å². The molecule has 1 fully saturated rings. The van der Waals surface area contributed by atoms with Crippen molar-refractivity contribution >= 4 is 0 Å². The molecule has 0 heterocycles. The third-order valence-electron chi connectivity index (χ3n) is 2.54. The monoisotopic (exact) mass is 181 g/mol. The number of allylic oxidation sites excluding steroid dienone is 1. The Morgan fingerprint density at radius 1 is 1.38 bits per heavy atom. The van der Waals surface area contributed by atoms with Gasteiger partial charge in [-0.05, 0) is 50.5 Å². The van der Waals surface area contributed by atoms with E-state index in [1.165, 1.54) is 32.1 Å². The number of unbranched alkanes of at least 4 members (excludes halogenated alkanes) is 1. The van der Waals surface area contributed by atoms with Crippen molar-refractivity contribution in [1.82, 2.24) is 0 Å². The van der Waals surface area contributed by atoms with E-state index in [1.54, 1.807) is 0 Å². The third kappa shape index (κ3) is 4.97. The van der Waals surface area contributed by atoms with Crippen LogP contribution >= 0.6 is 0 Å². The van der Waals surface area contributed by atoms with Gasteiger partial charge in [0.05, 0.1) is 12.9 Å². The molecule has 0 aliphatic heterocycles. The average molecular weight is 181 g/mol. The van der Waals surface area contributed by atoms with Crippen molar-refractivity contribution in [2.75, 3.05) is 6.61 Å². The molecule has 0 N–H and O–H groups in total. The van der Waals surface area contributed by atoms with Crippen LogP contribution in [0.5, 0.6) is 0 Å². The first-order chi connectivity index (χ1) is 6.43. The van der Waals surface area contributed by atoms with E-state index in [-0.39, 0.29) is 0 Å². The molecule has 0 saturated heterocycles. The molecule has 75 valence electrons. The molecule has 0 aromatic heterocycles. The maximum Gasteiger partial charge on any atom is 0.0901 e. The van der Waals surface area contributed by atoms with Crippen LogP contribution in [0.1, 0.15) is 45.4 Å². The van der Waals surface area contributed by atoms with Gasteiger partial charge in [-0.1, -0.05) is 13.3 Å². The zero-order valence-corrected chi connectivity index (χ0v) is 8.67. The molecule has 1 rings (SSSR count). The third-order valence-corrected chi connectivity index (χ3v) is 2.54. The Labute approximate surface area is 82.2 Å². The molecule has 1 aliphatic carbocycles. The van der Waals surface area contributed by atoms with E-state index in [4.69, 9.17) is 4.74 Å². The lowest BCUT2D eigenvalue weighted by atomic mass is 9.90. The van der Waals surface area contributed by atoms with Crippen molar-refractivity contribution in [3.8, 4) is 0 Å². The summed E-state index contributed by atoms with van der Waals surface area (Å²) < 4.78 is 5.48. The van der Waals surface area contributed by atoms with Crippen molar-refractivity contribution in [2.45, 2.75) is 45.4 Å². The minimum absolute atomic E-state index is 0.802. The Kier molecular flexibility index (Phi) is 5.71. The fraction of sp³-hybridized carbons (Fsp3) is 0.750. The van der Waals surface area contributed by atoms with E-state index in [9.17, 15) is 0 Å². The average Bonchev–Trinajstić information content (AvgIpc) is 2.19. The topological polar surface area (TPSA) is 9.23 Å². The maximum absolute atomic E-state index is 5.48. The van der Waals surface area contributed by atoms with Gasteiger partial charge in [0.1, 0.15) is 0 Å². The molecule has 13 heavy (non-hydrogen) atoms. The minimum Gasteiger partial charge on any atom is -0.501 e. The van der Waals surface area contributed by atoms with Crippen molar-refractivity contribution in [3.05, 3.63) is 18.8 Å². The highest BCUT2D eigenvalue weighted by atomic mass is 16.5. The van der Waals surface area contributed by atoms with Crippen molar-refractivity contribution in [3.63, 3.8) is 0 Å². The Morgan fingerprint density at radius 2 is 2.15 bits per heavy atom. The second-order valence-corrected chi connectivity index (χ2v) is 3.80. The smallest absolute Gasteiger partial charge is 0.0901 e. The number of hydrogen-bond acceptors (Lipinski definition) is 1. The number of rotatable bonds is 5. The van der Waals surface area contributed by atoms with E-state index in [2.05, 4.69) is 19.4 Å². The lowest BCUT2D eigenvalue weighted by Gasteiger charge is -2.20. The fourth-order valence-electron chi connectivity index (χ4n) is 1.66. The van der Waals surface area contributed by atoms with E-state index < -0.39 is 0 Å². The maximum atomic E-state index is 5.48. The zero-order chi connectivity index (χ0) is 9.36. The Hall–Kier alpha value is -0.460. The first-order valence-corrected chi connectivity index (χ1v) is 5.51. The highest BCUT2D eigenvalue weighted by molar-refractivity contribution is 4.78. The lowest BCUT2D eigenvalue weighted by molar-refractivity contribution is 0.173. The molecule has 0 unspecified atom stereocenters. The largest absolute Gasteiger partial charge is 0.501 e. The standard InChI is InChI=1S/C12H21O/c1-2-3-7-10-13-11-12-8-5-4-6-9-12/h4,7,10,12H,2-3,5-6,8-9,11H2,1H3/b10-7+. The van der Waals surface area contributed by atoms with Crippen LogP contribution in [0.3, 0.4) is 0 Å². The molecule has 1 aliphatic rings. The summed E-state index contributed by atoms with van der Waals surface area (Å²) in [5.74, 6) is 0.802. The van der Waals surface area contributed by atoms with Crippen molar-refractivity contribution < 1.29 is 4.74 Å². The van der Waals surface area contributed by atoms with Gasteiger partial charge in [-0.3, -0.25) is 0 Å². The molecule has 0 aromatic rings. The van der Waals surface area contributed by atoms with Gasteiger partial charge in [0.2, 0.25) is 0 Å². The van der Waals surface area contributed by atoms with E-state index >= 15 is 0 Å². The van der Waals surface area contributed by atoms with Crippen LogP contribution in [-0.2, 0) is 4.74 Å². The van der Waals surface area contributed by atoms with Gasteiger partial charge >= 0.3 is 0 Å². The molecule has 0 atom stereocenters. The Bertz CT molecular complexity index is 134. The van der Waals surface area contributed by atoms with Crippen molar-refractivity contribution in [1.29, 1.82) is 0 Å². The Balaban J connectivity index is 1.97. The summed E-state index contributed by atoms with van der Waals surface area (Å²) >= 11 is 0. The highest BCUT2D eigenvalue weighted by Gasteiger charge is 2.12. The second kappa shape index (κ2) is 6.99. The first-order valence-electron chi connectivity index (χ1n) is 5.51. The molecule has 1 nitrogen and oxygen atoms in total. The van der Waals surface area contributed by atoms with Crippen LogP contribution in [0.2, 0.25) is 0 Å². The van der Waals surface area contributed by atoms with Crippen LogP contribution in [0, 0.1) is 12.3 Å². The number of hydrogen-bond donors (Lipinski definition) is 0. The Morgan fingerprint density at radius 3 is 2.85 bits per heavy atom. The molecule has 1 heteroatoms. The summed E-state index contributed by atoms with van der Waals surface area (Å²) in [4.78, 5) is 0. The summed E-state index contributed by atoms with van der Waals surface area (Å²) in [6.45, 7) is 3.11. The summed E-state index contributed by atoms with van der Waals surface area (Å²) in [7, 11) is 0. The van der Waals surface area contributed by atoms with Gasteiger partial charge in [0, 0.05) is 0 Å². The van der Waals surface area contributed by atoms with Crippen molar-refractivity contribution in [2.24, 2.45) is 5.92 Å². The molecular weight excluding hydrogens is 160 g/mol. The molecule has 0 bridgehead atoms. The molecule has 0 aromatic carbocycles. The molecule has 1 radical (unpaired) electrons. The van der Waals surface area contributed by atoms with E-state index in [0.29, 0.717) is 0 Å². The van der Waals surface area contributed by atoms with Gasteiger partial charge in [-0.25, -0.2) is 0 Å². The van der Waals surface area contributed by atoms with Gasteiger partial charge in [0.25, 0.3) is 0 Å². The first kappa shape index (κ1) is 10.6. The zero-order valence-electron chi connectivity index (χ0n) is 8.67. The van der Waals surface area contributed by atoms with Crippen LogP contribution in [-0.4, -0.2) is 6.61 Å². The number of ether oxygens (including phenoxy) is 1. The lowest BCUT2D eigenvalue weighted by Crippen LogP contribution is -2.11. The van der Waals surface area contributed by atoms with Crippen LogP contribution < -0.4 is 0 Å². The highest BCUT2D eigenvalue weighted by Crippen LogP contribution is 2.22. The van der Waals surface area contributed by atoms with Crippen LogP contribution in [0.25, 0.3) is 0 Å². The predicted octanol–water partition coefficient (Wildman–Crippen LogP) is 3.71.